The van der Waals surface area contributed by atoms with Crippen LogP contribution < -0.4 is 4.90 Å². The second-order valence-corrected chi connectivity index (χ2v) is 8.01. The van der Waals surface area contributed by atoms with Crippen LogP contribution in [0.5, 0.6) is 0 Å². The van der Waals surface area contributed by atoms with Crippen LogP contribution >= 0.6 is 12.6 Å². The van der Waals surface area contributed by atoms with E-state index in [2.05, 4.69) is 17.5 Å². The Morgan fingerprint density at radius 3 is 2.08 bits per heavy atom. The van der Waals surface area contributed by atoms with E-state index in [0.29, 0.717) is 31.7 Å². The summed E-state index contributed by atoms with van der Waals surface area (Å²) in [6.07, 6.45) is 0.637. The van der Waals surface area contributed by atoms with Crippen LogP contribution in [-0.4, -0.2) is 49.1 Å². The maximum absolute atomic E-state index is 12.2. The highest BCUT2D eigenvalue weighted by atomic mass is 32.1. The molecular formula is C19H28N2O3S. The third kappa shape index (κ3) is 4.11. The Kier molecular flexibility index (Phi) is 5.72. The minimum absolute atomic E-state index is 0.270. The number of piperazine rings is 1. The number of nitrogens with zero attached hydrogens (tertiary/aromatic N) is 2. The molecule has 1 saturated heterocycles. The van der Waals surface area contributed by atoms with E-state index in [9.17, 15) is 9.59 Å². The third-order valence-corrected chi connectivity index (χ3v) is 5.27. The average molecular weight is 365 g/mol. The highest BCUT2D eigenvalue weighted by Gasteiger charge is 2.28. The molecule has 0 N–H and O–H groups in total. The molecule has 2 rings (SSSR count). The standard InChI is InChI=1S/C19H28N2O3S/c1-12-15(11-22)13(2)17(25)14(3)16(12)20-7-9-21(10-8-20)18(23)24-19(4,5)6/h11,25H,7-10H2,1-6H3. The van der Waals surface area contributed by atoms with E-state index in [1.165, 1.54) is 0 Å². The molecular weight excluding hydrogens is 336 g/mol. The molecule has 0 bridgehead atoms. The lowest BCUT2D eigenvalue weighted by Gasteiger charge is -2.38. The summed E-state index contributed by atoms with van der Waals surface area (Å²) in [6, 6.07) is 0. The Labute approximate surface area is 155 Å². The number of aldehydes is 1. The molecule has 0 aromatic heterocycles. The van der Waals surface area contributed by atoms with Gasteiger partial charge in [0.05, 0.1) is 0 Å². The number of hydrogen-bond acceptors (Lipinski definition) is 5. The summed E-state index contributed by atoms with van der Waals surface area (Å²) < 4.78 is 5.45. The predicted molar refractivity (Wildman–Crippen MR) is 103 cm³/mol. The van der Waals surface area contributed by atoms with Crippen LogP contribution in [0.2, 0.25) is 0 Å². The van der Waals surface area contributed by atoms with E-state index in [0.717, 1.165) is 33.6 Å². The fourth-order valence-electron chi connectivity index (χ4n) is 3.30. The molecule has 1 aliphatic heterocycles. The van der Waals surface area contributed by atoms with E-state index < -0.39 is 5.60 Å². The fraction of sp³-hybridized carbons (Fsp3) is 0.579. The summed E-state index contributed by atoms with van der Waals surface area (Å²) >= 11 is 4.60. The van der Waals surface area contributed by atoms with Crippen LogP contribution in [0.15, 0.2) is 4.90 Å². The number of carbonyl (C=O) groups excluding carboxylic acids is 2. The van der Waals surface area contributed by atoms with Crippen LogP contribution in [-0.2, 0) is 4.74 Å². The topological polar surface area (TPSA) is 49.9 Å². The number of rotatable bonds is 2. The molecule has 5 nitrogen and oxygen atoms in total. The number of anilines is 1. The second kappa shape index (κ2) is 7.28. The zero-order valence-electron chi connectivity index (χ0n) is 16.0. The molecule has 0 spiro atoms. The van der Waals surface area contributed by atoms with Gasteiger partial charge in [0.15, 0.2) is 6.29 Å². The van der Waals surface area contributed by atoms with Gasteiger partial charge in [0, 0.05) is 42.3 Å². The smallest absolute Gasteiger partial charge is 0.410 e. The van der Waals surface area contributed by atoms with Crippen molar-refractivity contribution >= 4 is 30.7 Å². The van der Waals surface area contributed by atoms with Crippen molar-refractivity contribution in [1.82, 2.24) is 4.90 Å². The summed E-state index contributed by atoms with van der Waals surface area (Å²) in [4.78, 5) is 28.5. The van der Waals surface area contributed by atoms with Gasteiger partial charge in [-0.05, 0) is 58.2 Å². The van der Waals surface area contributed by atoms with Crippen molar-refractivity contribution in [3.05, 3.63) is 22.3 Å². The number of hydrogen-bond donors (Lipinski definition) is 1. The van der Waals surface area contributed by atoms with Crippen molar-refractivity contribution in [2.24, 2.45) is 0 Å². The normalized spacial score (nSPS) is 15.3. The van der Waals surface area contributed by atoms with E-state index >= 15 is 0 Å². The number of carbonyl (C=O) groups is 2. The molecule has 0 aliphatic carbocycles. The molecule has 1 aliphatic rings. The Balaban J connectivity index is 2.20. The molecule has 1 aromatic carbocycles. The minimum Gasteiger partial charge on any atom is -0.444 e. The fourth-order valence-corrected chi connectivity index (χ4v) is 3.53. The van der Waals surface area contributed by atoms with E-state index in [1.807, 2.05) is 41.5 Å². The van der Waals surface area contributed by atoms with Gasteiger partial charge in [-0.1, -0.05) is 0 Å². The molecule has 6 heteroatoms. The Morgan fingerprint density at radius 2 is 1.60 bits per heavy atom. The van der Waals surface area contributed by atoms with Crippen LogP contribution in [0, 0.1) is 20.8 Å². The van der Waals surface area contributed by atoms with Crippen LogP contribution in [0.25, 0.3) is 0 Å². The Hall–Kier alpha value is -1.69. The summed E-state index contributed by atoms with van der Waals surface area (Å²) in [7, 11) is 0. The molecule has 1 heterocycles. The zero-order chi connectivity index (χ0) is 18.9. The molecule has 0 saturated carbocycles. The van der Waals surface area contributed by atoms with Crippen molar-refractivity contribution in [2.45, 2.75) is 52.0 Å². The molecule has 1 fully saturated rings. The van der Waals surface area contributed by atoms with Crippen molar-refractivity contribution in [3.8, 4) is 0 Å². The molecule has 1 aromatic rings. The Morgan fingerprint density at radius 1 is 1.04 bits per heavy atom. The third-order valence-electron chi connectivity index (χ3n) is 4.59. The lowest BCUT2D eigenvalue weighted by molar-refractivity contribution is 0.0240. The van der Waals surface area contributed by atoms with E-state index in [4.69, 9.17) is 4.74 Å². The molecule has 0 radical (unpaired) electrons. The SMILES string of the molecule is Cc1c(S)c(C)c(N2CCN(C(=O)OC(C)(C)C)CC2)c(C)c1C=O. The number of benzene rings is 1. The summed E-state index contributed by atoms with van der Waals surface area (Å²) in [6.45, 7) is 14.2. The van der Waals surface area contributed by atoms with Gasteiger partial charge in [-0.2, -0.15) is 0 Å². The van der Waals surface area contributed by atoms with Gasteiger partial charge in [0.1, 0.15) is 5.60 Å². The van der Waals surface area contributed by atoms with Gasteiger partial charge in [-0.25, -0.2) is 4.79 Å². The van der Waals surface area contributed by atoms with Gasteiger partial charge < -0.3 is 14.5 Å². The maximum Gasteiger partial charge on any atom is 0.410 e. The van der Waals surface area contributed by atoms with Gasteiger partial charge in [0.2, 0.25) is 0 Å². The molecule has 0 unspecified atom stereocenters. The zero-order valence-corrected chi connectivity index (χ0v) is 16.9. The van der Waals surface area contributed by atoms with Crippen LogP contribution in [0.1, 0.15) is 47.8 Å². The van der Waals surface area contributed by atoms with Crippen molar-refractivity contribution in [3.63, 3.8) is 0 Å². The predicted octanol–water partition coefficient (Wildman–Crippen LogP) is 3.77. The molecule has 138 valence electrons. The lowest BCUT2D eigenvalue weighted by Crippen LogP contribution is -2.50. The second-order valence-electron chi connectivity index (χ2n) is 7.56. The number of ether oxygens (including phenoxy) is 1. The largest absolute Gasteiger partial charge is 0.444 e. The minimum atomic E-state index is -0.488. The Bertz CT molecular complexity index is 687. The van der Waals surface area contributed by atoms with Gasteiger partial charge in [0.25, 0.3) is 0 Å². The van der Waals surface area contributed by atoms with Crippen LogP contribution in [0.4, 0.5) is 10.5 Å². The number of amides is 1. The number of thiol groups is 1. The first kappa shape index (κ1) is 19.6. The molecule has 1 amide bonds. The highest BCUT2D eigenvalue weighted by molar-refractivity contribution is 7.80. The summed E-state index contributed by atoms with van der Waals surface area (Å²) in [5.41, 5.74) is 4.26. The molecule has 0 atom stereocenters. The average Bonchev–Trinajstić information content (AvgIpc) is 2.52. The first-order valence-corrected chi connectivity index (χ1v) is 9.02. The molecule has 25 heavy (non-hydrogen) atoms. The van der Waals surface area contributed by atoms with Gasteiger partial charge in [-0.3, -0.25) is 4.79 Å². The van der Waals surface area contributed by atoms with E-state index in [-0.39, 0.29) is 6.09 Å². The van der Waals surface area contributed by atoms with Crippen molar-refractivity contribution < 1.29 is 14.3 Å². The summed E-state index contributed by atoms with van der Waals surface area (Å²) in [5.74, 6) is 0. The van der Waals surface area contributed by atoms with Crippen molar-refractivity contribution in [1.29, 1.82) is 0 Å². The lowest BCUT2D eigenvalue weighted by atomic mass is 9.96. The maximum atomic E-state index is 12.2. The van der Waals surface area contributed by atoms with Crippen molar-refractivity contribution in [2.75, 3.05) is 31.1 Å². The van der Waals surface area contributed by atoms with Gasteiger partial charge in [-0.15, -0.1) is 12.6 Å². The first-order chi connectivity index (χ1) is 11.6. The van der Waals surface area contributed by atoms with Gasteiger partial charge >= 0.3 is 6.09 Å². The summed E-state index contributed by atoms with van der Waals surface area (Å²) in [5, 5.41) is 0. The quantitative estimate of drug-likeness (QED) is 0.641. The highest BCUT2D eigenvalue weighted by Crippen LogP contribution is 2.35. The van der Waals surface area contributed by atoms with E-state index in [1.54, 1.807) is 4.90 Å². The monoisotopic (exact) mass is 364 g/mol. The van der Waals surface area contributed by atoms with Crippen LogP contribution in [0.3, 0.4) is 0 Å². The first-order valence-electron chi connectivity index (χ1n) is 8.57.